The van der Waals surface area contributed by atoms with Crippen LogP contribution in [-0.4, -0.2) is 23.4 Å². The molecule has 1 fully saturated rings. The van der Waals surface area contributed by atoms with Crippen LogP contribution in [0.5, 0.6) is 5.75 Å². The van der Waals surface area contributed by atoms with Crippen LogP contribution in [0.1, 0.15) is 54.6 Å². The SMILES string of the molecule is Cc1cc(Cl)ccc1N1C(=O)C(=O)/C(=C(\O)c2ccc3c(c2)CCO3)C1c1ccc(C(C)(C)C)cc1. The number of aryl methyl sites for hydroxylation is 1. The number of Topliss-reactive ketones (excluding diaryl/α,β-unsaturated/α-hetero) is 1. The molecule has 1 saturated heterocycles. The van der Waals surface area contributed by atoms with E-state index in [2.05, 4.69) is 20.8 Å². The van der Waals surface area contributed by atoms with Gasteiger partial charge in [-0.1, -0.05) is 56.6 Å². The van der Waals surface area contributed by atoms with Gasteiger partial charge in [0, 0.05) is 22.7 Å². The Morgan fingerprint density at radius 2 is 1.75 bits per heavy atom. The Morgan fingerprint density at radius 1 is 1.03 bits per heavy atom. The van der Waals surface area contributed by atoms with Crippen molar-refractivity contribution in [1.29, 1.82) is 0 Å². The van der Waals surface area contributed by atoms with Crippen LogP contribution in [0.3, 0.4) is 0 Å². The number of anilines is 1. The number of fused-ring (bicyclic) bond motifs is 1. The number of carbonyl (C=O) groups excluding carboxylic acids is 2. The summed E-state index contributed by atoms with van der Waals surface area (Å²) in [6, 6.07) is 17.6. The van der Waals surface area contributed by atoms with Gasteiger partial charge in [0.1, 0.15) is 11.5 Å². The maximum Gasteiger partial charge on any atom is 0.300 e. The topological polar surface area (TPSA) is 66.8 Å². The standard InChI is InChI=1S/C30H28ClNO4/c1-17-15-22(31)10-11-23(17)32-26(18-5-8-21(9-6-18)30(2,3)4)25(28(34)29(32)35)27(33)20-7-12-24-19(16-20)13-14-36-24/h5-12,15-16,26,33H,13-14H2,1-4H3/b27-25-. The number of carbonyl (C=O) groups is 2. The van der Waals surface area contributed by atoms with Crippen LogP contribution >= 0.6 is 11.6 Å². The minimum absolute atomic E-state index is 0.0560. The predicted octanol–water partition coefficient (Wildman–Crippen LogP) is 6.51. The number of aliphatic hydroxyl groups is 1. The number of ether oxygens (including phenoxy) is 1. The molecule has 3 aromatic rings. The summed E-state index contributed by atoms with van der Waals surface area (Å²) < 4.78 is 5.59. The van der Waals surface area contributed by atoms with Gasteiger partial charge in [0.05, 0.1) is 18.2 Å². The van der Waals surface area contributed by atoms with Gasteiger partial charge in [-0.25, -0.2) is 0 Å². The lowest BCUT2D eigenvalue weighted by Gasteiger charge is -2.28. The average Bonchev–Trinajstić information content (AvgIpc) is 3.40. The largest absolute Gasteiger partial charge is 0.507 e. The van der Waals surface area contributed by atoms with E-state index in [1.807, 2.05) is 37.3 Å². The van der Waals surface area contributed by atoms with Gasteiger partial charge in [0.25, 0.3) is 11.7 Å². The molecule has 184 valence electrons. The van der Waals surface area contributed by atoms with Gasteiger partial charge in [0.2, 0.25) is 0 Å². The molecular formula is C30H28ClNO4. The first kappa shape index (κ1) is 24.1. The second kappa shape index (κ2) is 8.82. The summed E-state index contributed by atoms with van der Waals surface area (Å²) in [4.78, 5) is 28.4. The van der Waals surface area contributed by atoms with E-state index in [0.717, 1.165) is 34.4 Å². The minimum Gasteiger partial charge on any atom is -0.507 e. The molecule has 2 aliphatic rings. The van der Waals surface area contributed by atoms with Crippen molar-refractivity contribution in [3.8, 4) is 5.75 Å². The maximum absolute atomic E-state index is 13.5. The third kappa shape index (κ3) is 4.07. The van der Waals surface area contributed by atoms with E-state index >= 15 is 0 Å². The molecule has 5 rings (SSSR count). The average molecular weight is 502 g/mol. The molecule has 0 bridgehead atoms. The smallest absolute Gasteiger partial charge is 0.300 e. The molecule has 3 aromatic carbocycles. The van der Waals surface area contributed by atoms with E-state index in [1.54, 1.807) is 30.3 Å². The fraction of sp³-hybridized carbons (Fsp3) is 0.267. The predicted molar refractivity (Wildman–Crippen MR) is 142 cm³/mol. The molecule has 36 heavy (non-hydrogen) atoms. The van der Waals surface area contributed by atoms with Crippen molar-refractivity contribution in [1.82, 2.24) is 0 Å². The molecule has 0 aliphatic carbocycles. The van der Waals surface area contributed by atoms with E-state index in [4.69, 9.17) is 16.3 Å². The van der Waals surface area contributed by atoms with Crippen molar-refractivity contribution in [3.63, 3.8) is 0 Å². The minimum atomic E-state index is -0.789. The number of amides is 1. The van der Waals surface area contributed by atoms with Crippen LogP contribution in [0, 0.1) is 6.92 Å². The normalized spacial score (nSPS) is 18.9. The van der Waals surface area contributed by atoms with Gasteiger partial charge in [-0.15, -0.1) is 0 Å². The molecule has 2 aliphatic heterocycles. The van der Waals surface area contributed by atoms with Crippen molar-refractivity contribution in [2.45, 2.75) is 45.6 Å². The molecule has 1 unspecified atom stereocenters. The number of hydrogen-bond acceptors (Lipinski definition) is 4. The van der Waals surface area contributed by atoms with Gasteiger partial charge in [-0.2, -0.15) is 0 Å². The monoisotopic (exact) mass is 501 g/mol. The summed E-state index contributed by atoms with van der Waals surface area (Å²) in [5.41, 5.74) is 4.67. The quantitative estimate of drug-likeness (QED) is 0.252. The number of hydrogen-bond donors (Lipinski definition) is 1. The lowest BCUT2D eigenvalue weighted by Crippen LogP contribution is -2.30. The van der Waals surface area contributed by atoms with E-state index in [1.165, 1.54) is 4.90 Å². The zero-order valence-electron chi connectivity index (χ0n) is 20.8. The third-order valence-electron chi connectivity index (χ3n) is 6.92. The highest BCUT2D eigenvalue weighted by Gasteiger charge is 2.47. The van der Waals surface area contributed by atoms with Crippen molar-refractivity contribution < 1.29 is 19.4 Å². The summed E-state index contributed by atoms with van der Waals surface area (Å²) in [6.45, 7) is 8.81. The van der Waals surface area contributed by atoms with Gasteiger partial charge in [-0.3, -0.25) is 14.5 Å². The van der Waals surface area contributed by atoms with Crippen LogP contribution in [0.25, 0.3) is 5.76 Å². The first-order valence-electron chi connectivity index (χ1n) is 12.0. The molecule has 2 heterocycles. The number of halogens is 1. The van der Waals surface area contributed by atoms with E-state index in [-0.39, 0.29) is 16.7 Å². The van der Waals surface area contributed by atoms with Crippen LogP contribution < -0.4 is 9.64 Å². The Hall–Kier alpha value is -3.57. The highest BCUT2D eigenvalue weighted by atomic mass is 35.5. The third-order valence-corrected chi connectivity index (χ3v) is 7.15. The lowest BCUT2D eigenvalue weighted by molar-refractivity contribution is -0.132. The molecular weight excluding hydrogens is 474 g/mol. The fourth-order valence-electron chi connectivity index (χ4n) is 4.94. The number of aliphatic hydroxyl groups excluding tert-OH is 1. The van der Waals surface area contributed by atoms with E-state index in [0.29, 0.717) is 22.9 Å². The summed E-state index contributed by atoms with van der Waals surface area (Å²) in [5, 5.41) is 12.0. The first-order chi connectivity index (χ1) is 17.1. The van der Waals surface area contributed by atoms with Crippen LogP contribution in [0.15, 0.2) is 66.2 Å². The van der Waals surface area contributed by atoms with Crippen molar-refractivity contribution in [2.24, 2.45) is 0 Å². The Balaban J connectivity index is 1.71. The molecule has 5 nitrogen and oxygen atoms in total. The Kier molecular flexibility index (Phi) is 5.92. The van der Waals surface area contributed by atoms with Crippen LogP contribution in [0.2, 0.25) is 5.02 Å². The highest BCUT2D eigenvalue weighted by molar-refractivity contribution is 6.51. The van der Waals surface area contributed by atoms with Gasteiger partial charge >= 0.3 is 0 Å². The second-order valence-corrected chi connectivity index (χ2v) is 10.8. The van der Waals surface area contributed by atoms with Crippen LogP contribution in [0.4, 0.5) is 5.69 Å². The zero-order valence-corrected chi connectivity index (χ0v) is 21.5. The summed E-state index contributed by atoms with van der Waals surface area (Å²) >= 11 is 6.18. The number of nitrogens with zero attached hydrogens (tertiary/aromatic N) is 1. The summed E-state index contributed by atoms with van der Waals surface area (Å²) in [7, 11) is 0. The molecule has 1 atom stereocenters. The number of ketones is 1. The molecule has 1 N–H and O–H groups in total. The molecule has 1 amide bonds. The van der Waals surface area contributed by atoms with E-state index < -0.39 is 17.7 Å². The zero-order chi connectivity index (χ0) is 25.8. The van der Waals surface area contributed by atoms with Crippen LogP contribution in [-0.2, 0) is 21.4 Å². The molecule has 0 saturated carbocycles. The fourth-order valence-corrected chi connectivity index (χ4v) is 5.17. The number of benzene rings is 3. The van der Waals surface area contributed by atoms with Gasteiger partial charge < -0.3 is 9.84 Å². The molecule has 6 heteroatoms. The summed E-state index contributed by atoms with van der Waals surface area (Å²) in [5.74, 6) is -0.819. The van der Waals surface area contributed by atoms with Gasteiger partial charge in [0.15, 0.2) is 0 Å². The van der Waals surface area contributed by atoms with Crippen molar-refractivity contribution >= 4 is 34.7 Å². The Morgan fingerprint density at radius 3 is 2.42 bits per heavy atom. The molecule has 0 spiro atoms. The lowest BCUT2D eigenvalue weighted by atomic mass is 9.85. The Labute approximate surface area is 216 Å². The van der Waals surface area contributed by atoms with Gasteiger partial charge in [-0.05, 0) is 71.0 Å². The molecule has 0 aromatic heterocycles. The maximum atomic E-state index is 13.5. The highest BCUT2D eigenvalue weighted by Crippen LogP contribution is 2.44. The van der Waals surface area contributed by atoms with E-state index in [9.17, 15) is 14.7 Å². The number of rotatable bonds is 3. The Bertz CT molecular complexity index is 1420. The van der Waals surface area contributed by atoms with Crippen molar-refractivity contribution in [3.05, 3.63) is 99.1 Å². The van der Waals surface area contributed by atoms with Crippen molar-refractivity contribution in [2.75, 3.05) is 11.5 Å². The summed E-state index contributed by atoms with van der Waals surface area (Å²) in [6.07, 6.45) is 0.729. The first-order valence-corrected chi connectivity index (χ1v) is 12.4. The second-order valence-electron chi connectivity index (χ2n) is 10.4. The molecule has 0 radical (unpaired) electrons.